The zero-order chi connectivity index (χ0) is 61.3. The topological polar surface area (TPSA) is 323 Å². The van der Waals surface area contributed by atoms with Gasteiger partial charge in [-0.1, -0.05) is 26.0 Å². The molecule has 3 aromatic heterocycles. The predicted octanol–water partition coefficient (Wildman–Crippen LogP) is 3.16. The lowest BCUT2D eigenvalue weighted by Gasteiger charge is -2.21. The molecule has 1 saturated heterocycles. The third-order valence-electron chi connectivity index (χ3n) is 13.7. The van der Waals surface area contributed by atoms with Crippen molar-refractivity contribution in [3.63, 3.8) is 0 Å². The van der Waals surface area contributed by atoms with E-state index >= 15 is 0 Å². The van der Waals surface area contributed by atoms with E-state index in [2.05, 4.69) is 43.5 Å². The van der Waals surface area contributed by atoms with Crippen molar-refractivity contribution in [2.24, 2.45) is 32.1 Å². The van der Waals surface area contributed by atoms with E-state index in [1.807, 2.05) is 0 Å². The number of carbonyl (C=O) groups excluding carboxylic acids is 10. The smallest absolute Gasteiger partial charge is 0.328 e. The number of hydrogen-bond acceptors (Lipinski definition) is 16. The second-order valence-electron chi connectivity index (χ2n) is 20.6. The lowest BCUT2D eigenvalue weighted by atomic mass is 10.0. The summed E-state index contributed by atoms with van der Waals surface area (Å²) in [5, 5.41) is 16.5. The molecule has 0 aliphatic carbocycles. The maximum absolute atomic E-state index is 13.5. The minimum absolute atomic E-state index is 0.00943. The van der Waals surface area contributed by atoms with Crippen molar-refractivity contribution < 1.29 is 71.6 Å². The molecule has 1 fully saturated rings. The first-order chi connectivity index (χ1) is 40.7. The van der Waals surface area contributed by atoms with Gasteiger partial charge >= 0.3 is 5.97 Å². The second-order valence-corrected chi connectivity index (χ2v) is 20.6. The van der Waals surface area contributed by atoms with Crippen LogP contribution in [0.1, 0.15) is 94.2 Å². The Morgan fingerprint density at radius 3 is 1.89 bits per heavy atom. The van der Waals surface area contributed by atoms with E-state index < -0.39 is 47.5 Å². The van der Waals surface area contributed by atoms with E-state index in [1.165, 1.54) is 34.4 Å². The van der Waals surface area contributed by atoms with Crippen molar-refractivity contribution in [2.45, 2.75) is 64.5 Å². The fraction of sp³-hybridized carbons (Fsp3) is 0.431. The van der Waals surface area contributed by atoms with Crippen LogP contribution in [0.4, 0.5) is 22.7 Å². The van der Waals surface area contributed by atoms with E-state index in [0.717, 1.165) is 22.6 Å². The van der Waals surface area contributed by atoms with Crippen LogP contribution in [-0.2, 0) is 64.1 Å². The molecule has 0 bridgehead atoms. The van der Waals surface area contributed by atoms with Crippen LogP contribution in [0.3, 0.4) is 0 Å². The van der Waals surface area contributed by atoms with Crippen LogP contribution in [0, 0.1) is 5.92 Å². The van der Waals surface area contributed by atoms with E-state index in [0.29, 0.717) is 59.2 Å². The molecule has 0 saturated carbocycles. The molecule has 27 nitrogen and oxygen atoms in total. The number of aliphatic imine (C=N–C) groups is 1. The molecule has 3 aliphatic rings. The van der Waals surface area contributed by atoms with Gasteiger partial charge < -0.3 is 74.2 Å². The summed E-state index contributed by atoms with van der Waals surface area (Å²) in [5.74, 6) is -3.71. The Labute approximate surface area is 490 Å². The highest BCUT2D eigenvalue weighted by molar-refractivity contribution is 6.13. The fourth-order valence-electron chi connectivity index (χ4n) is 9.28. The average molecular weight is 1180 g/mol. The van der Waals surface area contributed by atoms with Crippen molar-refractivity contribution in [3.05, 3.63) is 95.9 Å². The molecule has 4 aromatic rings. The van der Waals surface area contributed by atoms with Crippen LogP contribution in [0.15, 0.2) is 78.2 Å². The first kappa shape index (κ1) is 63.2. The molecule has 2 atom stereocenters. The monoisotopic (exact) mass is 1180 g/mol. The van der Waals surface area contributed by atoms with E-state index in [4.69, 9.17) is 23.7 Å². The number of aromatic nitrogens is 3. The number of benzene rings is 1. The van der Waals surface area contributed by atoms with Crippen molar-refractivity contribution in [3.8, 4) is 11.5 Å². The number of aryl methyl sites for hydroxylation is 3. The van der Waals surface area contributed by atoms with Gasteiger partial charge in [0.15, 0.2) is 11.5 Å². The zero-order valence-corrected chi connectivity index (χ0v) is 48.4. The predicted molar refractivity (Wildman–Crippen MR) is 310 cm³/mol. The number of methoxy groups -OCH3 is 1. The molecule has 0 spiro atoms. The lowest BCUT2D eigenvalue weighted by molar-refractivity contribution is -0.149. The van der Waals surface area contributed by atoms with Gasteiger partial charge in [0.2, 0.25) is 17.7 Å². The highest BCUT2D eigenvalue weighted by Gasteiger charge is 2.35. The largest absolute Gasteiger partial charge is 0.493 e. The molecule has 0 unspecified atom stereocenters. The first-order valence-corrected chi connectivity index (χ1v) is 27.7. The molecule has 3 aliphatic heterocycles. The normalized spacial score (nSPS) is 14.6. The van der Waals surface area contributed by atoms with Crippen LogP contribution in [0.5, 0.6) is 11.5 Å². The number of fused-ring (bicyclic) bond motifs is 2. The molecule has 6 heterocycles. The highest BCUT2D eigenvalue weighted by Crippen LogP contribution is 2.38. The van der Waals surface area contributed by atoms with Gasteiger partial charge in [-0.15, -0.1) is 0 Å². The maximum atomic E-state index is 13.5. The van der Waals surface area contributed by atoms with Crippen LogP contribution < -0.4 is 41.4 Å². The minimum atomic E-state index is -0.916. The van der Waals surface area contributed by atoms with Gasteiger partial charge in [-0.05, 0) is 49.4 Å². The van der Waals surface area contributed by atoms with Gasteiger partial charge in [0, 0.05) is 110 Å². The number of esters is 1. The summed E-state index contributed by atoms with van der Waals surface area (Å²) in [6.07, 6.45) is 10.1. The van der Waals surface area contributed by atoms with Crippen molar-refractivity contribution in [2.75, 3.05) is 88.9 Å². The number of imide groups is 1. The van der Waals surface area contributed by atoms with E-state index in [1.54, 1.807) is 81.4 Å². The Kier molecular flexibility index (Phi) is 22.1. The van der Waals surface area contributed by atoms with Crippen LogP contribution in [-0.4, -0.2) is 174 Å². The summed E-state index contributed by atoms with van der Waals surface area (Å²) >= 11 is 0. The minimum Gasteiger partial charge on any atom is -0.493 e. The van der Waals surface area contributed by atoms with Crippen LogP contribution >= 0.6 is 0 Å². The standard InChI is InChI=1S/C58H72N12O15/c1-35(2)53(65-50(73)14-20-82-22-23-83-21-16-59-48(71)13-17-69-51(74)11-12-52(69)75)58(80)85-19-9-15-60-54(76)43-26-38(33-66(43)4)63-56(78)45-27-39(34-68(45)6)64-55(77)44-25-37(32-67(44)5)62-49(72)10-8-18-84-47-29-42-41(28-46(47)81-7)57(79)70-31-36(3)24-40(70)30-61-42/h11-12,25-30,32-35,40,53H,3,8-10,13-24,31H2,1-2,4-7H3,(H,59,71)(H,60,76)(H,62,72)(H,63,78)(H,64,77)(H,65,73)/t40-,53-/m0/s1. The molecule has 9 amide bonds. The number of amides is 9. The number of hydrogen-bond donors (Lipinski definition) is 6. The number of rotatable bonds is 31. The molecule has 6 N–H and O–H groups in total. The summed E-state index contributed by atoms with van der Waals surface area (Å²) in [6, 6.07) is 6.74. The molecule has 85 heavy (non-hydrogen) atoms. The summed E-state index contributed by atoms with van der Waals surface area (Å²) in [5.41, 5.74) is 3.58. The number of anilines is 3. The van der Waals surface area contributed by atoms with Crippen LogP contribution in [0.2, 0.25) is 0 Å². The fourth-order valence-corrected chi connectivity index (χ4v) is 9.28. The summed E-state index contributed by atoms with van der Waals surface area (Å²) in [4.78, 5) is 134. The Morgan fingerprint density at radius 2 is 1.27 bits per heavy atom. The SMILES string of the molecule is C=C1C[C@H]2C=Nc3cc(OCCCC(=O)Nc4cc(C(=O)Nc5cc(C(=O)Nc6cc(C(=O)NCCCOC(=O)[C@@H](NC(=O)CCOCCOCCNC(=O)CCN7C(=O)C=CC7=O)C(C)C)n(C)c6)n(C)c5)n(C)c4)c(OC)cc3C(=O)N2C1. The third kappa shape index (κ3) is 17.4. The maximum Gasteiger partial charge on any atom is 0.328 e. The number of nitrogens with one attached hydrogen (secondary N) is 6. The summed E-state index contributed by atoms with van der Waals surface area (Å²) in [6.45, 7) is 9.17. The number of ether oxygens (including phenoxy) is 5. The van der Waals surface area contributed by atoms with Gasteiger partial charge in [-0.3, -0.25) is 53.0 Å². The molecule has 0 radical (unpaired) electrons. The zero-order valence-electron chi connectivity index (χ0n) is 48.4. The Balaban J connectivity index is 0.757. The number of carbonyl (C=O) groups is 10. The Bertz CT molecular complexity index is 3240. The summed E-state index contributed by atoms with van der Waals surface area (Å²) in [7, 11) is 6.41. The average Bonchev–Trinajstić information content (AvgIpc) is 3.40. The van der Waals surface area contributed by atoms with Gasteiger partial charge in [-0.25, -0.2) is 4.79 Å². The molecule has 1 aromatic carbocycles. The van der Waals surface area contributed by atoms with Gasteiger partial charge in [-0.2, -0.15) is 0 Å². The van der Waals surface area contributed by atoms with Gasteiger partial charge in [0.25, 0.3) is 35.4 Å². The van der Waals surface area contributed by atoms with Gasteiger partial charge in [0.05, 0.1) is 81.1 Å². The Morgan fingerprint density at radius 1 is 0.659 bits per heavy atom. The van der Waals surface area contributed by atoms with Crippen molar-refractivity contribution in [1.29, 1.82) is 0 Å². The molecular formula is C58H72N12O15. The number of nitrogens with zero attached hydrogens (tertiary/aromatic N) is 6. The summed E-state index contributed by atoms with van der Waals surface area (Å²) < 4.78 is 32.4. The third-order valence-corrected chi connectivity index (χ3v) is 13.7. The molecule has 454 valence electrons. The van der Waals surface area contributed by atoms with E-state index in [-0.39, 0.29) is 132 Å². The van der Waals surface area contributed by atoms with Gasteiger partial charge in [0.1, 0.15) is 23.1 Å². The van der Waals surface area contributed by atoms with Crippen molar-refractivity contribution >= 4 is 88.1 Å². The van der Waals surface area contributed by atoms with Crippen LogP contribution in [0.25, 0.3) is 0 Å². The molecule has 27 heteroatoms. The van der Waals surface area contributed by atoms with Crippen molar-refractivity contribution in [1.82, 2.24) is 39.5 Å². The molecule has 7 rings (SSSR count). The first-order valence-electron chi connectivity index (χ1n) is 27.7. The molecular weight excluding hydrogens is 1100 g/mol. The quantitative estimate of drug-likeness (QED) is 0.0183. The Hall–Kier alpha value is -9.37. The lowest BCUT2D eigenvalue weighted by Crippen LogP contribution is -2.45. The second kappa shape index (κ2) is 29.7. The van der Waals surface area contributed by atoms with E-state index in [9.17, 15) is 47.9 Å². The highest BCUT2D eigenvalue weighted by atomic mass is 16.5.